The monoisotopic (exact) mass is 364 g/mol. The van der Waals surface area contributed by atoms with Crippen LogP contribution in [0.3, 0.4) is 0 Å². The largest absolute Gasteiger partial charge is 0.322 e. The quantitative estimate of drug-likeness (QED) is 0.832. The molecule has 2 heterocycles. The molecule has 2 aliphatic rings. The van der Waals surface area contributed by atoms with E-state index in [1.807, 2.05) is 0 Å². The Morgan fingerprint density at radius 2 is 1.76 bits per heavy atom. The zero-order chi connectivity index (χ0) is 18.0. The van der Waals surface area contributed by atoms with Crippen LogP contribution in [0.2, 0.25) is 0 Å². The number of carbonyl (C=O) groups is 2. The molecule has 0 radical (unpaired) electrons. The van der Waals surface area contributed by atoms with Crippen molar-refractivity contribution in [2.24, 2.45) is 0 Å². The van der Waals surface area contributed by atoms with Crippen molar-refractivity contribution in [1.29, 1.82) is 0 Å². The first kappa shape index (κ1) is 15.7. The Balaban J connectivity index is 2.05. The zero-order valence-corrected chi connectivity index (χ0v) is 13.3. The van der Waals surface area contributed by atoms with Crippen molar-refractivity contribution >= 4 is 33.0 Å². The summed E-state index contributed by atoms with van der Waals surface area (Å²) in [5.74, 6) is -5.13. The average molecular weight is 364 g/mol. The van der Waals surface area contributed by atoms with Crippen LogP contribution in [0, 0.1) is 11.6 Å². The molecule has 25 heavy (non-hydrogen) atoms. The van der Waals surface area contributed by atoms with Crippen LogP contribution in [0.4, 0.5) is 20.2 Å². The fraction of sp³-hybridized carbons (Fsp3) is 0.125. The molecule has 1 fully saturated rings. The third-order valence-corrected chi connectivity index (χ3v) is 6.45. The highest BCUT2D eigenvalue weighted by atomic mass is 32.2. The molecule has 4 rings (SSSR count). The topological polar surface area (TPSA) is 83.5 Å². The standard InChI is InChI=1S/C16H10F2N2O4S/c17-11-6-5-9(7-12(11)18)20-14(21)8-25(23,24)16(20)10-3-1-2-4-13(10)19-15(16)22/h1-7H,8H2,(H,19,22). The number of benzene rings is 2. The van der Waals surface area contributed by atoms with Crippen LogP contribution in [0.1, 0.15) is 5.56 Å². The molecule has 2 amide bonds. The molecule has 0 aliphatic carbocycles. The lowest BCUT2D eigenvalue weighted by Crippen LogP contribution is -2.52. The number of nitrogens with zero attached hydrogens (tertiary/aromatic N) is 1. The van der Waals surface area contributed by atoms with E-state index in [9.17, 15) is 26.8 Å². The van der Waals surface area contributed by atoms with Gasteiger partial charge in [0.1, 0.15) is 5.75 Å². The Morgan fingerprint density at radius 3 is 2.48 bits per heavy atom. The lowest BCUT2D eigenvalue weighted by molar-refractivity contribution is -0.122. The number of nitrogens with one attached hydrogen (secondary N) is 1. The molecular formula is C16H10F2N2O4S. The molecule has 0 aromatic heterocycles. The van der Waals surface area contributed by atoms with Crippen molar-refractivity contribution in [3.8, 4) is 0 Å². The van der Waals surface area contributed by atoms with Gasteiger partial charge in [0.25, 0.3) is 10.8 Å². The molecule has 1 spiro atoms. The molecule has 2 aromatic carbocycles. The van der Waals surface area contributed by atoms with Gasteiger partial charge in [0.2, 0.25) is 5.91 Å². The lowest BCUT2D eigenvalue weighted by atomic mass is 10.0. The summed E-state index contributed by atoms with van der Waals surface area (Å²) in [4.78, 5) is 23.6. The van der Waals surface area contributed by atoms with Gasteiger partial charge in [-0.3, -0.25) is 14.5 Å². The number of fused-ring (bicyclic) bond motifs is 2. The van der Waals surface area contributed by atoms with E-state index in [1.54, 1.807) is 6.07 Å². The second-order valence-electron chi connectivity index (χ2n) is 5.73. The van der Waals surface area contributed by atoms with Crippen LogP contribution in [-0.4, -0.2) is 26.0 Å². The van der Waals surface area contributed by atoms with Crippen LogP contribution >= 0.6 is 0 Å². The Morgan fingerprint density at radius 1 is 1.04 bits per heavy atom. The summed E-state index contributed by atoms with van der Waals surface area (Å²) in [6, 6.07) is 8.58. The number of rotatable bonds is 1. The highest BCUT2D eigenvalue weighted by Gasteiger charge is 2.67. The van der Waals surface area contributed by atoms with Crippen LogP contribution in [0.25, 0.3) is 0 Å². The normalized spacial score (nSPS) is 23.8. The molecule has 128 valence electrons. The maximum atomic E-state index is 13.7. The number of hydrogen-bond donors (Lipinski definition) is 1. The van der Waals surface area contributed by atoms with Gasteiger partial charge in [-0.05, 0) is 18.2 Å². The molecule has 1 saturated heterocycles. The molecule has 1 atom stereocenters. The second kappa shape index (κ2) is 4.85. The van der Waals surface area contributed by atoms with Crippen LogP contribution in [0.5, 0.6) is 0 Å². The summed E-state index contributed by atoms with van der Waals surface area (Å²) in [7, 11) is -4.27. The fourth-order valence-corrected chi connectivity index (χ4v) is 5.34. The van der Waals surface area contributed by atoms with Gasteiger partial charge in [-0.15, -0.1) is 0 Å². The van der Waals surface area contributed by atoms with E-state index in [4.69, 9.17) is 0 Å². The number of hydrogen-bond acceptors (Lipinski definition) is 4. The lowest BCUT2D eigenvalue weighted by Gasteiger charge is -2.31. The number of sulfone groups is 1. The van der Waals surface area contributed by atoms with Gasteiger partial charge in [0.05, 0.1) is 0 Å². The zero-order valence-electron chi connectivity index (χ0n) is 12.5. The Kier molecular flexibility index (Phi) is 3.05. The Bertz CT molecular complexity index is 1050. The van der Waals surface area contributed by atoms with Gasteiger partial charge in [0, 0.05) is 23.0 Å². The number of amides is 2. The number of anilines is 2. The predicted molar refractivity (Wildman–Crippen MR) is 84.4 cm³/mol. The SMILES string of the molecule is O=C1CS(=O)(=O)C2(C(=O)Nc3ccccc32)N1c1ccc(F)c(F)c1. The average Bonchev–Trinajstić information content (AvgIpc) is 2.95. The van der Waals surface area contributed by atoms with Crippen molar-refractivity contribution in [2.45, 2.75) is 4.87 Å². The van der Waals surface area contributed by atoms with E-state index >= 15 is 0 Å². The fourth-order valence-electron chi connectivity index (χ4n) is 3.34. The van der Waals surface area contributed by atoms with Gasteiger partial charge in [-0.25, -0.2) is 17.2 Å². The van der Waals surface area contributed by atoms with E-state index in [-0.39, 0.29) is 16.9 Å². The Hall–Kier alpha value is -2.81. The highest BCUT2D eigenvalue weighted by Crippen LogP contribution is 2.50. The van der Waals surface area contributed by atoms with E-state index in [0.717, 1.165) is 17.0 Å². The van der Waals surface area contributed by atoms with Crippen molar-refractivity contribution in [3.05, 3.63) is 59.7 Å². The molecule has 6 nitrogen and oxygen atoms in total. The number of para-hydroxylation sites is 1. The first-order valence-corrected chi connectivity index (χ1v) is 8.85. The summed E-state index contributed by atoms with van der Waals surface area (Å²) in [5.41, 5.74) is 0.116. The minimum atomic E-state index is -4.27. The molecule has 0 bridgehead atoms. The maximum Gasteiger partial charge on any atom is 0.271 e. The van der Waals surface area contributed by atoms with Crippen LogP contribution in [-0.2, 0) is 24.3 Å². The second-order valence-corrected chi connectivity index (χ2v) is 7.84. The third-order valence-electron chi connectivity index (χ3n) is 4.34. The van der Waals surface area contributed by atoms with Gasteiger partial charge in [-0.2, -0.15) is 0 Å². The van der Waals surface area contributed by atoms with Crippen LogP contribution < -0.4 is 10.2 Å². The maximum absolute atomic E-state index is 13.7. The van der Waals surface area contributed by atoms with E-state index < -0.39 is 43.9 Å². The first-order chi connectivity index (χ1) is 11.8. The minimum Gasteiger partial charge on any atom is -0.322 e. The molecule has 0 saturated carbocycles. The van der Waals surface area contributed by atoms with Crippen molar-refractivity contribution in [3.63, 3.8) is 0 Å². The van der Waals surface area contributed by atoms with Crippen molar-refractivity contribution in [2.75, 3.05) is 16.0 Å². The summed E-state index contributed by atoms with van der Waals surface area (Å²) in [6.07, 6.45) is 0. The van der Waals surface area contributed by atoms with Crippen LogP contribution in [0.15, 0.2) is 42.5 Å². The first-order valence-electron chi connectivity index (χ1n) is 7.20. The van der Waals surface area contributed by atoms with E-state index in [0.29, 0.717) is 6.07 Å². The third kappa shape index (κ3) is 1.84. The summed E-state index contributed by atoms with van der Waals surface area (Å²) < 4.78 is 52.5. The van der Waals surface area contributed by atoms with E-state index in [1.165, 1.54) is 18.2 Å². The Labute approximate surface area is 141 Å². The predicted octanol–water partition coefficient (Wildman–Crippen LogP) is 1.53. The molecule has 1 N–H and O–H groups in total. The van der Waals surface area contributed by atoms with Gasteiger partial charge in [-0.1, -0.05) is 18.2 Å². The van der Waals surface area contributed by atoms with Crippen molar-refractivity contribution in [1.82, 2.24) is 0 Å². The number of halogens is 2. The minimum absolute atomic E-state index is 0.0792. The molecule has 2 aromatic rings. The van der Waals surface area contributed by atoms with Gasteiger partial charge < -0.3 is 5.32 Å². The molecule has 2 aliphatic heterocycles. The van der Waals surface area contributed by atoms with E-state index in [2.05, 4.69) is 5.32 Å². The van der Waals surface area contributed by atoms with Gasteiger partial charge in [0.15, 0.2) is 21.5 Å². The molecule has 1 unspecified atom stereocenters. The summed E-state index contributed by atoms with van der Waals surface area (Å²) in [5, 5.41) is 2.45. The van der Waals surface area contributed by atoms with Gasteiger partial charge >= 0.3 is 0 Å². The van der Waals surface area contributed by atoms with Crippen molar-refractivity contribution < 1.29 is 26.8 Å². The summed E-state index contributed by atoms with van der Waals surface area (Å²) >= 11 is 0. The smallest absolute Gasteiger partial charge is 0.271 e. The molecular weight excluding hydrogens is 354 g/mol. The number of carbonyl (C=O) groups excluding carboxylic acids is 2. The molecule has 9 heteroatoms. The highest BCUT2D eigenvalue weighted by molar-refractivity contribution is 7.94. The summed E-state index contributed by atoms with van der Waals surface area (Å²) in [6.45, 7) is 0.